The molecule has 214 valence electrons. The number of sulfonamides is 1. The van der Waals surface area contributed by atoms with E-state index in [1.54, 1.807) is 41.3 Å². The Morgan fingerprint density at radius 2 is 1.88 bits per heavy atom. The maximum Gasteiger partial charge on any atom is 0.265 e. The fourth-order valence-electron chi connectivity index (χ4n) is 4.54. The number of hydrogen-bond acceptors (Lipinski definition) is 9. The highest BCUT2D eigenvalue weighted by atomic mass is 32.2. The quantitative estimate of drug-likeness (QED) is 0.275. The van der Waals surface area contributed by atoms with Gasteiger partial charge in [0.25, 0.3) is 21.8 Å². The van der Waals surface area contributed by atoms with Gasteiger partial charge >= 0.3 is 0 Å². The van der Waals surface area contributed by atoms with Gasteiger partial charge in [0.2, 0.25) is 5.82 Å². The number of anilines is 1. The van der Waals surface area contributed by atoms with Crippen LogP contribution in [0.4, 0.5) is 10.1 Å². The minimum Gasteiger partial charge on any atom is -0.495 e. The van der Waals surface area contributed by atoms with E-state index in [1.165, 1.54) is 37.6 Å². The second kappa shape index (κ2) is 10.7. The van der Waals surface area contributed by atoms with Crippen molar-refractivity contribution < 1.29 is 26.9 Å². The third kappa shape index (κ3) is 5.19. The molecule has 0 radical (unpaired) electrons. The molecule has 2 aromatic carbocycles. The van der Waals surface area contributed by atoms with Crippen molar-refractivity contribution in [2.75, 3.05) is 18.4 Å². The SMILES string of the molecule is COc1ccc(-c2cnn(C(C)c3nc(-c4ccc(F)cc4)no3)c2)cc1S(=O)(=O)Nc1cnc2c(c1)C(=O)NCC2. The first-order chi connectivity index (χ1) is 20.2. The largest absolute Gasteiger partial charge is 0.495 e. The lowest BCUT2D eigenvalue weighted by Crippen LogP contribution is -2.32. The first kappa shape index (κ1) is 27.1. The second-order valence-electron chi connectivity index (χ2n) is 9.54. The summed E-state index contributed by atoms with van der Waals surface area (Å²) in [5.74, 6) is 0.0718. The molecular weight excluding hydrogens is 565 g/mol. The van der Waals surface area contributed by atoms with Crippen LogP contribution in [-0.4, -0.2) is 52.9 Å². The highest BCUT2D eigenvalue weighted by Gasteiger charge is 2.24. The molecule has 2 N–H and O–H groups in total. The Balaban J connectivity index is 1.26. The van der Waals surface area contributed by atoms with E-state index in [9.17, 15) is 17.6 Å². The summed E-state index contributed by atoms with van der Waals surface area (Å²) in [5.41, 5.74) is 2.89. The number of carbonyl (C=O) groups excluding carboxylic acids is 1. The highest BCUT2D eigenvalue weighted by Crippen LogP contribution is 2.32. The number of rotatable bonds is 8. The molecule has 0 saturated heterocycles. The van der Waals surface area contributed by atoms with Crippen LogP contribution in [0.1, 0.15) is 34.9 Å². The van der Waals surface area contributed by atoms with E-state index < -0.39 is 16.1 Å². The molecule has 1 unspecified atom stereocenters. The van der Waals surface area contributed by atoms with Crippen LogP contribution in [0.25, 0.3) is 22.5 Å². The number of amides is 1. The molecule has 1 atom stereocenters. The van der Waals surface area contributed by atoms with E-state index in [-0.39, 0.29) is 28.1 Å². The van der Waals surface area contributed by atoms with E-state index in [0.29, 0.717) is 52.6 Å². The van der Waals surface area contributed by atoms with Gasteiger partial charge in [0.15, 0.2) is 0 Å². The average molecular weight is 590 g/mol. The Bertz CT molecular complexity index is 1900. The van der Waals surface area contributed by atoms with Crippen LogP contribution in [0.3, 0.4) is 0 Å². The zero-order chi connectivity index (χ0) is 29.4. The van der Waals surface area contributed by atoms with Crippen LogP contribution < -0.4 is 14.8 Å². The lowest BCUT2D eigenvalue weighted by atomic mass is 10.1. The van der Waals surface area contributed by atoms with E-state index in [2.05, 4.69) is 30.3 Å². The minimum atomic E-state index is -4.14. The van der Waals surface area contributed by atoms with Gasteiger partial charge in [0.1, 0.15) is 22.5 Å². The molecule has 1 amide bonds. The van der Waals surface area contributed by atoms with Crippen molar-refractivity contribution in [1.82, 2.24) is 30.2 Å². The average Bonchev–Trinajstić information content (AvgIpc) is 3.68. The summed E-state index contributed by atoms with van der Waals surface area (Å²) in [5, 5.41) is 11.1. The summed E-state index contributed by atoms with van der Waals surface area (Å²) in [6.07, 6.45) is 5.27. The molecule has 0 fully saturated rings. The smallest absolute Gasteiger partial charge is 0.265 e. The van der Waals surface area contributed by atoms with Crippen molar-refractivity contribution in [1.29, 1.82) is 0 Å². The zero-order valence-electron chi connectivity index (χ0n) is 22.4. The normalized spacial score (nSPS) is 13.7. The van der Waals surface area contributed by atoms with Gasteiger partial charge in [-0.15, -0.1) is 0 Å². The molecule has 0 spiro atoms. The molecule has 0 aliphatic carbocycles. The van der Waals surface area contributed by atoms with Gasteiger partial charge in [-0.25, -0.2) is 12.8 Å². The number of fused-ring (bicyclic) bond motifs is 1. The van der Waals surface area contributed by atoms with Crippen LogP contribution in [0.15, 0.2) is 76.5 Å². The Labute approximate surface area is 239 Å². The number of hydrogen-bond donors (Lipinski definition) is 2. The molecule has 5 aromatic rings. The van der Waals surface area contributed by atoms with E-state index in [4.69, 9.17) is 9.26 Å². The second-order valence-corrected chi connectivity index (χ2v) is 11.2. The molecule has 14 heteroatoms. The fraction of sp³-hybridized carbons (Fsp3) is 0.179. The summed E-state index contributed by atoms with van der Waals surface area (Å²) in [6.45, 7) is 2.30. The van der Waals surface area contributed by atoms with Gasteiger partial charge in [0.05, 0.1) is 36.4 Å². The van der Waals surface area contributed by atoms with Crippen molar-refractivity contribution in [2.24, 2.45) is 0 Å². The Morgan fingerprint density at radius 3 is 2.67 bits per heavy atom. The molecule has 0 saturated carbocycles. The van der Waals surface area contributed by atoms with Crippen LogP contribution in [0.5, 0.6) is 5.75 Å². The van der Waals surface area contributed by atoms with Gasteiger partial charge < -0.3 is 14.6 Å². The Hall–Kier alpha value is -5.11. The van der Waals surface area contributed by atoms with Crippen molar-refractivity contribution >= 4 is 21.6 Å². The number of benzene rings is 2. The molecule has 1 aliphatic heterocycles. The molecule has 42 heavy (non-hydrogen) atoms. The number of carbonyl (C=O) groups is 1. The first-order valence-electron chi connectivity index (χ1n) is 12.8. The van der Waals surface area contributed by atoms with Crippen LogP contribution in [0.2, 0.25) is 0 Å². The van der Waals surface area contributed by atoms with Crippen LogP contribution in [-0.2, 0) is 16.4 Å². The van der Waals surface area contributed by atoms with Crippen molar-refractivity contribution in [3.05, 3.63) is 90.1 Å². The van der Waals surface area contributed by atoms with Gasteiger partial charge in [-0.2, -0.15) is 10.1 Å². The third-order valence-electron chi connectivity index (χ3n) is 6.80. The zero-order valence-corrected chi connectivity index (χ0v) is 23.2. The van der Waals surface area contributed by atoms with Crippen LogP contribution in [0, 0.1) is 5.82 Å². The maximum atomic E-state index is 13.5. The molecule has 12 nitrogen and oxygen atoms in total. The van der Waals surface area contributed by atoms with Crippen LogP contribution >= 0.6 is 0 Å². The van der Waals surface area contributed by atoms with Crippen molar-refractivity contribution in [3.63, 3.8) is 0 Å². The van der Waals surface area contributed by atoms with E-state index in [0.717, 1.165) is 0 Å². The predicted octanol–water partition coefficient (Wildman–Crippen LogP) is 3.84. The number of pyridine rings is 1. The first-order valence-corrected chi connectivity index (χ1v) is 14.3. The summed E-state index contributed by atoms with van der Waals surface area (Å²) >= 11 is 0. The van der Waals surface area contributed by atoms with Crippen molar-refractivity contribution in [3.8, 4) is 28.3 Å². The number of methoxy groups -OCH3 is 1. The fourth-order valence-corrected chi connectivity index (χ4v) is 5.77. The monoisotopic (exact) mass is 589 g/mol. The standard InChI is InChI=1S/C28H24FN7O5S/c1-16(28-33-26(34-41-28)17-3-6-20(29)7-4-17)36-15-19(13-32-36)18-5-8-24(40-2)25(11-18)42(38,39)35-21-12-22-23(31-14-21)9-10-30-27(22)37/h3-8,11-16,35H,9-10H2,1-2H3,(H,30,37). The molecule has 3 aromatic heterocycles. The molecule has 0 bridgehead atoms. The number of ether oxygens (including phenoxy) is 1. The van der Waals surface area contributed by atoms with Gasteiger partial charge in [-0.3, -0.25) is 19.2 Å². The summed E-state index contributed by atoms with van der Waals surface area (Å²) in [7, 11) is -2.76. The third-order valence-corrected chi connectivity index (χ3v) is 8.20. The number of aromatic nitrogens is 5. The Morgan fingerprint density at radius 1 is 1.10 bits per heavy atom. The number of halogens is 1. The number of nitrogens with one attached hydrogen (secondary N) is 2. The minimum absolute atomic E-state index is 0.105. The molecule has 6 rings (SSSR count). The Kier molecular flexibility index (Phi) is 6.90. The van der Waals surface area contributed by atoms with E-state index in [1.807, 2.05) is 6.92 Å². The summed E-state index contributed by atoms with van der Waals surface area (Å²) in [6, 6.07) is 11.5. The van der Waals surface area contributed by atoms with Gasteiger partial charge in [-0.05, 0) is 55.0 Å². The van der Waals surface area contributed by atoms with Crippen molar-refractivity contribution in [2.45, 2.75) is 24.3 Å². The maximum absolute atomic E-state index is 13.5. The van der Waals surface area contributed by atoms with Gasteiger partial charge in [0, 0.05) is 30.3 Å². The predicted molar refractivity (Wildman–Crippen MR) is 149 cm³/mol. The lowest BCUT2D eigenvalue weighted by molar-refractivity contribution is 0.0945. The molecular formula is C28H24FN7O5S. The highest BCUT2D eigenvalue weighted by molar-refractivity contribution is 7.92. The summed E-state index contributed by atoms with van der Waals surface area (Å²) < 4.78 is 55.1. The van der Waals surface area contributed by atoms with E-state index >= 15 is 0 Å². The van der Waals surface area contributed by atoms with Gasteiger partial charge in [-0.1, -0.05) is 11.2 Å². The topological polar surface area (TPSA) is 154 Å². The summed E-state index contributed by atoms with van der Waals surface area (Å²) in [4.78, 5) is 20.8. The number of nitrogens with zero attached hydrogens (tertiary/aromatic N) is 5. The molecule has 4 heterocycles. The lowest BCUT2D eigenvalue weighted by Gasteiger charge is -2.17. The molecule has 1 aliphatic rings.